The van der Waals surface area contributed by atoms with Crippen LogP contribution in [0.1, 0.15) is 5.56 Å². The first-order valence-corrected chi connectivity index (χ1v) is 9.11. The molecule has 0 unspecified atom stereocenters. The number of sulfonamides is 1. The van der Waals surface area contributed by atoms with Crippen molar-refractivity contribution in [2.24, 2.45) is 5.92 Å². The van der Waals surface area contributed by atoms with E-state index in [4.69, 9.17) is 0 Å². The van der Waals surface area contributed by atoms with Gasteiger partial charge in [-0.2, -0.15) is 4.31 Å². The Kier molecular flexibility index (Phi) is 5.41. The monoisotopic (exact) mass is 342 g/mol. The topological polar surface area (TPSA) is 97.7 Å². The Morgan fingerprint density at radius 1 is 1.30 bits per heavy atom. The molecule has 1 heterocycles. The second-order valence-electron chi connectivity index (χ2n) is 6.15. The first kappa shape index (κ1) is 17.9. The van der Waals surface area contributed by atoms with Crippen molar-refractivity contribution in [3.63, 3.8) is 0 Å². The number of piperazine rings is 1. The molecule has 0 bridgehead atoms. The van der Waals surface area contributed by atoms with Gasteiger partial charge in [-0.25, -0.2) is 8.42 Å². The van der Waals surface area contributed by atoms with Crippen LogP contribution in [0.2, 0.25) is 0 Å². The number of likely N-dealkylation sites (N-methyl/N-ethyl adjacent to an activating group) is 1. The first-order chi connectivity index (χ1) is 10.7. The number of rotatable bonds is 6. The lowest BCUT2D eigenvalue weighted by atomic mass is 10.0. The normalized spacial score (nSPS) is 20.1. The summed E-state index contributed by atoms with van der Waals surface area (Å²) in [5.74, 6) is -2.57. The number of benzene rings is 1. The van der Waals surface area contributed by atoms with Crippen molar-refractivity contribution < 1.29 is 23.0 Å². The van der Waals surface area contributed by atoms with E-state index in [1.54, 1.807) is 24.3 Å². The van der Waals surface area contributed by atoms with Crippen molar-refractivity contribution in [3.8, 4) is 0 Å². The third kappa shape index (κ3) is 5.00. The van der Waals surface area contributed by atoms with Gasteiger partial charge in [0.1, 0.15) is 0 Å². The quantitative estimate of drug-likeness (QED) is 0.600. The maximum Gasteiger partial charge on any atom is 0.307 e. The van der Waals surface area contributed by atoms with Crippen molar-refractivity contribution in [1.29, 1.82) is 0 Å². The van der Waals surface area contributed by atoms with Gasteiger partial charge in [-0.05, 0) is 12.0 Å². The average molecular weight is 342 g/mol. The van der Waals surface area contributed by atoms with Crippen LogP contribution in [-0.2, 0) is 21.2 Å². The highest BCUT2D eigenvalue weighted by Crippen LogP contribution is 2.17. The fraction of sp³-hybridized carbons (Fsp3) is 0.533. The van der Waals surface area contributed by atoms with Crippen LogP contribution < -0.4 is 0 Å². The number of hydrogen-bond donors (Lipinski definition) is 1. The van der Waals surface area contributed by atoms with E-state index in [1.807, 2.05) is 6.07 Å². The fourth-order valence-electron chi connectivity index (χ4n) is 2.62. The summed E-state index contributed by atoms with van der Waals surface area (Å²) in [6, 6.07) is 8.97. The third-order valence-electron chi connectivity index (χ3n) is 4.12. The van der Waals surface area contributed by atoms with E-state index >= 15 is 0 Å². The van der Waals surface area contributed by atoms with Crippen LogP contribution in [0.3, 0.4) is 0 Å². The second-order valence-corrected chi connectivity index (χ2v) is 8.16. The zero-order valence-electron chi connectivity index (χ0n) is 13.1. The smallest absolute Gasteiger partial charge is 0.307 e. The number of nitrogens with zero attached hydrogens (tertiary/aromatic N) is 2. The molecule has 1 atom stereocenters. The van der Waals surface area contributed by atoms with Crippen LogP contribution >= 0.6 is 0 Å². The van der Waals surface area contributed by atoms with Gasteiger partial charge in [0, 0.05) is 0 Å². The minimum atomic E-state index is -3.69. The maximum absolute atomic E-state index is 12.5. The molecule has 128 valence electrons. The lowest BCUT2D eigenvalue weighted by Crippen LogP contribution is -2.55. The molecule has 1 N–H and O–H groups in total. The molecular weight excluding hydrogens is 320 g/mol. The van der Waals surface area contributed by atoms with Crippen molar-refractivity contribution >= 4 is 16.0 Å². The van der Waals surface area contributed by atoms with Crippen molar-refractivity contribution in [1.82, 2.24) is 4.31 Å². The molecule has 2 rings (SSSR count). The molecule has 8 heteroatoms. The van der Waals surface area contributed by atoms with Gasteiger partial charge < -0.3 is 15.0 Å². The summed E-state index contributed by atoms with van der Waals surface area (Å²) >= 11 is 0. The number of carboxylic acids is 1. The Morgan fingerprint density at radius 3 is 2.39 bits per heavy atom. The molecule has 0 saturated carbocycles. The molecule has 0 aliphatic carbocycles. The summed E-state index contributed by atoms with van der Waals surface area (Å²) in [4.78, 5) is 11.4. The van der Waals surface area contributed by atoms with E-state index in [0.29, 0.717) is 0 Å². The Morgan fingerprint density at radius 2 is 1.87 bits per heavy atom. The average Bonchev–Trinajstić information content (AvgIpc) is 2.47. The van der Waals surface area contributed by atoms with Gasteiger partial charge in [-0.1, -0.05) is 30.3 Å². The van der Waals surface area contributed by atoms with Crippen LogP contribution in [0, 0.1) is 11.1 Å². The van der Waals surface area contributed by atoms with E-state index in [1.165, 1.54) is 11.4 Å². The minimum absolute atomic E-state index is 0.139. The summed E-state index contributed by atoms with van der Waals surface area (Å²) < 4.78 is 25.7. The Hall–Kier alpha value is -1.48. The van der Waals surface area contributed by atoms with Gasteiger partial charge in [0.25, 0.3) is 0 Å². The van der Waals surface area contributed by atoms with Crippen LogP contribution in [-0.4, -0.2) is 67.4 Å². The molecule has 0 amide bonds. The summed E-state index contributed by atoms with van der Waals surface area (Å²) in [6.07, 6.45) is 0.165. The van der Waals surface area contributed by atoms with Crippen molar-refractivity contribution in [3.05, 3.63) is 41.1 Å². The van der Waals surface area contributed by atoms with Gasteiger partial charge in [-0.15, -0.1) is 0 Å². The lowest BCUT2D eigenvalue weighted by Gasteiger charge is -2.44. The molecule has 7 nitrogen and oxygen atoms in total. The van der Waals surface area contributed by atoms with Gasteiger partial charge >= 0.3 is 5.97 Å². The van der Waals surface area contributed by atoms with Gasteiger partial charge in [-0.3, -0.25) is 4.79 Å². The molecule has 1 aliphatic heterocycles. The number of carboxylic acid groups (broad SMARTS) is 1. The van der Waals surface area contributed by atoms with Crippen LogP contribution in [0.4, 0.5) is 0 Å². The largest absolute Gasteiger partial charge is 0.633 e. The fourth-order valence-corrected chi connectivity index (χ4v) is 4.32. The number of hydroxylamine groups is 3. The predicted molar refractivity (Wildman–Crippen MR) is 85.9 cm³/mol. The molecule has 0 radical (unpaired) electrons. The Labute approximate surface area is 136 Å². The number of carbonyl (C=O) groups is 1. The minimum Gasteiger partial charge on any atom is -0.633 e. The highest BCUT2D eigenvalue weighted by Gasteiger charge is 2.34. The molecule has 0 spiro atoms. The lowest BCUT2D eigenvalue weighted by molar-refractivity contribution is -0.864. The Balaban J connectivity index is 2.05. The second kappa shape index (κ2) is 6.96. The zero-order chi connectivity index (χ0) is 17.1. The summed E-state index contributed by atoms with van der Waals surface area (Å²) in [6.45, 7) is 0.658. The SMILES string of the molecule is C[N+]1([O-])CCN(S(=O)(=O)C[C@@H](Cc2ccccc2)C(=O)O)CC1. The third-order valence-corrected chi connectivity index (χ3v) is 6.10. The van der Waals surface area contributed by atoms with Crippen molar-refractivity contribution in [2.45, 2.75) is 6.42 Å². The number of aliphatic carboxylic acids is 1. The van der Waals surface area contributed by atoms with Gasteiger partial charge in [0.2, 0.25) is 10.0 Å². The van der Waals surface area contributed by atoms with Gasteiger partial charge in [0.05, 0.1) is 44.9 Å². The van der Waals surface area contributed by atoms with E-state index in [2.05, 4.69) is 0 Å². The number of quaternary nitrogens is 1. The summed E-state index contributed by atoms with van der Waals surface area (Å²) in [5, 5.41) is 21.1. The molecule has 0 aromatic heterocycles. The van der Waals surface area contributed by atoms with Crippen LogP contribution in [0.25, 0.3) is 0 Å². The molecule has 23 heavy (non-hydrogen) atoms. The molecular formula is C15H22N2O5S. The molecule has 1 aliphatic rings. The van der Waals surface area contributed by atoms with Crippen LogP contribution in [0.5, 0.6) is 0 Å². The highest BCUT2D eigenvalue weighted by atomic mass is 32.2. The van der Waals surface area contributed by atoms with Crippen molar-refractivity contribution in [2.75, 3.05) is 39.0 Å². The van der Waals surface area contributed by atoms with E-state index < -0.39 is 32.3 Å². The summed E-state index contributed by atoms with van der Waals surface area (Å²) in [7, 11) is -2.18. The van der Waals surface area contributed by atoms with Gasteiger partial charge in [0.15, 0.2) is 0 Å². The van der Waals surface area contributed by atoms with E-state index in [0.717, 1.165) is 5.56 Å². The molecule has 1 saturated heterocycles. The molecule has 1 aromatic carbocycles. The molecule has 1 fully saturated rings. The van der Waals surface area contributed by atoms with E-state index in [9.17, 15) is 23.5 Å². The molecule has 1 aromatic rings. The summed E-state index contributed by atoms with van der Waals surface area (Å²) in [5.41, 5.74) is 0.789. The first-order valence-electron chi connectivity index (χ1n) is 7.50. The number of hydrogen-bond acceptors (Lipinski definition) is 4. The predicted octanol–water partition coefficient (Wildman–Crippen LogP) is 0.520. The van der Waals surface area contributed by atoms with Crippen LogP contribution in [0.15, 0.2) is 30.3 Å². The highest BCUT2D eigenvalue weighted by molar-refractivity contribution is 7.89. The Bertz CT molecular complexity index is 635. The van der Waals surface area contributed by atoms with E-state index in [-0.39, 0.29) is 32.6 Å². The zero-order valence-corrected chi connectivity index (χ0v) is 13.9. The maximum atomic E-state index is 12.5. The standard InChI is InChI=1S/C15H22N2O5S/c1-17(20)9-7-16(8-10-17)23(21,22)12-14(15(18)19)11-13-5-3-2-4-6-13/h2-6,14H,7-12H2,1H3,(H,18,19)/t14-/m1/s1.